The maximum Gasteiger partial charge on any atom is 0.338 e. The first-order valence-electron chi connectivity index (χ1n) is 6.83. The predicted molar refractivity (Wildman–Crippen MR) is 84.4 cm³/mol. The molecule has 1 aromatic rings. The van der Waals surface area contributed by atoms with Crippen LogP contribution >= 0.6 is 22.6 Å². The van der Waals surface area contributed by atoms with Gasteiger partial charge in [-0.2, -0.15) is 0 Å². The second-order valence-electron chi connectivity index (χ2n) is 5.04. The van der Waals surface area contributed by atoms with Gasteiger partial charge in [0.2, 0.25) is 0 Å². The van der Waals surface area contributed by atoms with Crippen molar-refractivity contribution in [3.63, 3.8) is 0 Å². The van der Waals surface area contributed by atoms with E-state index in [4.69, 9.17) is 4.74 Å². The maximum atomic E-state index is 11.9. The molecule has 1 aromatic carbocycles. The van der Waals surface area contributed by atoms with Gasteiger partial charge in [0.05, 0.1) is 5.56 Å². The van der Waals surface area contributed by atoms with E-state index in [0.717, 1.165) is 29.3 Å². The Labute approximate surface area is 132 Å². The average molecular weight is 387 g/mol. The molecule has 1 aliphatic rings. The molecule has 1 aliphatic carbocycles. The Balaban J connectivity index is 1.86. The van der Waals surface area contributed by atoms with Crippen LogP contribution in [0.25, 0.3) is 0 Å². The van der Waals surface area contributed by atoms with Gasteiger partial charge in [-0.25, -0.2) is 4.79 Å². The number of hydrogen-bond donors (Lipinski definition) is 1. The molecule has 0 radical (unpaired) electrons. The fourth-order valence-electron chi connectivity index (χ4n) is 2.26. The Hall–Kier alpha value is -1.11. The van der Waals surface area contributed by atoms with Gasteiger partial charge in [0.15, 0.2) is 6.10 Å². The Bertz CT molecular complexity index is 480. The number of esters is 1. The van der Waals surface area contributed by atoms with E-state index >= 15 is 0 Å². The molecule has 20 heavy (non-hydrogen) atoms. The van der Waals surface area contributed by atoms with Crippen LogP contribution in [0.5, 0.6) is 0 Å². The molecule has 0 aromatic heterocycles. The summed E-state index contributed by atoms with van der Waals surface area (Å²) < 4.78 is 6.24. The molecule has 2 rings (SSSR count). The number of nitrogens with one attached hydrogen (secondary N) is 1. The maximum absolute atomic E-state index is 11.9. The van der Waals surface area contributed by atoms with E-state index in [9.17, 15) is 9.59 Å². The third-order valence-corrected chi connectivity index (χ3v) is 4.15. The van der Waals surface area contributed by atoms with Crippen LogP contribution in [-0.4, -0.2) is 24.0 Å². The molecule has 0 unspecified atom stereocenters. The van der Waals surface area contributed by atoms with Crippen LogP contribution in [0.3, 0.4) is 0 Å². The van der Waals surface area contributed by atoms with Gasteiger partial charge >= 0.3 is 5.97 Å². The van der Waals surface area contributed by atoms with Gasteiger partial charge in [-0.05, 0) is 66.6 Å². The van der Waals surface area contributed by atoms with Crippen molar-refractivity contribution in [1.29, 1.82) is 0 Å². The van der Waals surface area contributed by atoms with Crippen LogP contribution in [0, 0.1) is 3.57 Å². The van der Waals surface area contributed by atoms with Gasteiger partial charge in [-0.1, -0.05) is 12.8 Å². The number of amides is 1. The van der Waals surface area contributed by atoms with Gasteiger partial charge in [-0.15, -0.1) is 0 Å². The molecule has 0 spiro atoms. The molecule has 1 fully saturated rings. The number of benzene rings is 1. The van der Waals surface area contributed by atoms with Crippen LogP contribution in [0.4, 0.5) is 0 Å². The summed E-state index contributed by atoms with van der Waals surface area (Å²) in [6.07, 6.45) is 3.58. The smallest absolute Gasteiger partial charge is 0.338 e. The largest absolute Gasteiger partial charge is 0.449 e. The molecule has 0 heterocycles. The van der Waals surface area contributed by atoms with Crippen LogP contribution in [0.15, 0.2) is 24.3 Å². The van der Waals surface area contributed by atoms with E-state index in [2.05, 4.69) is 27.9 Å². The SMILES string of the molecule is C[C@@H](OC(=O)c1ccc(I)cc1)C(=O)NC1CCCC1. The van der Waals surface area contributed by atoms with Crippen molar-refractivity contribution in [2.75, 3.05) is 0 Å². The lowest BCUT2D eigenvalue weighted by Gasteiger charge is -2.17. The predicted octanol–water partition coefficient (Wildman–Crippen LogP) is 2.90. The van der Waals surface area contributed by atoms with Gasteiger partial charge in [0.25, 0.3) is 5.91 Å². The molecule has 0 bridgehead atoms. The lowest BCUT2D eigenvalue weighted by molar-refractivity contribution is -0.129. The Morgan fingerprint density at radius 2 is 1.85 bits per heavy atom. The lowest BCUT2D eigenvalue weighted by atomic mass is 10.2. The first kappa shape index (κ1) is 15.3. The van der Waals surface area contributed by atoms with Crippen molar-refractivity contribution in [3.05, 3.63) is 33.4 Å². The molecular weight excluding hydrogens is 369 g/mol. The van der Waals surface area contributed by atoms with Gasteiger partial charge < -0.3 is 10.1 Å². The second-order valence-corrected chi connectivity index (χ2v) is 6.29. The van der Waals surface area contributed by atoms with E-state index in [-0.39, 0.29) is 11.9 Å². The number of rotatable bonds is 4. The third-order valence-electron chi connectivity index (χ3n) is 3.43. The molecule has 1 atom stereocenters. The first-order chi connectivity index (χ1) is 9.56. The highest BCUT2D eigenvalue weighted by Crippen LogP contribution is 2.18. The van der Waals surface area contributed by atoms with Crippen molar-refractivity contribution < 1.29 is 14.3 Å². The normalized spacial score (nSPS) is 16.7. The minimum atomic E-state index is -0.762. The minimum absolute atomic E-state index is 0.212. The number of halogens is 1. The van der Waals surface area contributed by atoms with Crippen LogP contribution < -0.4 is 5.32 Å². The molecule has 0 saturated heterocycles. The summed E-state index contributed by atoms with van der Waals surface area (Å²) in [6.45, 7) is 1.61. The highest BCUT2D eigenvalue weighted by Gasteiger charge is 2.23. The second kappa shape index (κ2) is 7.06. The molecule has 0 aliphatic heterocycles. The summed E-state index contributed by atoms with van der Waals surface area (Å²) in [4.78, 5) is 23.8. The third kappa shape index (κ3) is 4.19. The highest BCUT2D eigenvalue weighted by atomic mass is 127. The quantitative estimate of drug-likeness (QED) is 0.639. The van der Waals surface area contributed by atoms with Crippen molar-refractivity contribution in [3.8, 4) is 0 Å². The summed E-state index contributed by atoms with van der Waals surface area (Å²) in [7, 11) is 0. The zero-order valence-electron chi connectivity index (χ0n) is 11.4. The van der Waals surface area contributed by atoms with E-state index in [0.29, 0.717) is 5.56 Å². The number of carbonyl (C=O) groups is 2. The van der Waals surface area contributed by atoms with Crippen LogP contribution in [0.1, 0.15) is 43.0 Å². The van der Waals surface area contributed by atoms with E-state index in [1.165, 1.54) is 0 Å². The van der Waals surface area contributed by atoms with E-state index in [1.807, 2.05) is 12.1 Å². The summed E-state index contributed by atoms with van der Waals surface area (Å²) in [6, 6.07) is 7.31. The number of carbonyl (C=O) groups excluding carboxylic acids is 2. The molecular formula is C15H18INO3. The molecule has 1 saturated carbocycles. The van der Waals surface area contributed by atoms with E-state index < -0.39 is 12.1 Å². The Morgan fingerprint density at radius 3 is 2.45 bits per heavy atom. The molecule has 108 valence electrons. The van der Waals surface area contributed by atoms with Gasteiger partial charge in [0.1, 0.15) is 0 Å². The van der Waals surface area contributed by atoms with Crippen LogP contribution in [0.2, 0.25) is 0 Å². The monoisotopic (exact) mass is 387 g/mol. The zero-order valence-corrected chi connectivity index (χ0v) is 13.6. The van der Waals surface area contributed by atoms with Crippen LogP contribution in [-0.2, 0) is 9.53 Å². The molecule has 4 nitrogen and oxygen atoms in total. The topological polar surface area (TPSA) is 55.4 Å². The Morgan fingerprint density at radius 1 is 1.25 bits per heavy atom. The Kier molecular flexibility index (Phi) is 5.39. The number of ether oxygens (including phenoxy) is 1. The summed E-state index contributed by atoms with van der Waals surface area (Å²) >= 11 is 2.17. The molecule has 1 N–H and O–H groups in total. The van der Waals surface area contributed by atoms with Gasteiger partial charge in [-0.3, -0.25) is 4.79 Å². The van der Waals surface area contributed by atoms with Gasteiger partial charge in [0, 0.05) is 9.61 Å². The summed E-state index contributed by atoms with van der Waals surface area (Å²) in [5, 5.41) is 2.93. The summed E-state index contributed by atoms with van der Waals surface area (Å²) in [5.74, 6) is -0.675. The summed E-state index contributed by atoms with van der Waals surface area (Å²) in [5.41, 5.74) is 0.464. The zero-order chi connectivity index (χ0) is 14.5. The van der Waals surface area contributed by atoms with Crippen molar-refractivity contribution in [1.82, 2.24) is 5.32 Å². The minimum Gasteiger partial charge on any atom is -0.449 e. The lowest BCUT2D eigenvalue weighted by Crippen LogP contribution is -2.40. The fourth-order valence-corrected chi connectivity index (χ4v) is 2.62. The van der Waals surface area contributed by atoms with Crippen molar-refractivity contribution in [2.45, 2.75) is 44.8 Å². The standard InChI is InChI=1S/C15H18INO3/c1-10(14(18)17-13-4-2-3-5-13)20-15(19)11-6-8-12(16)9-7-11/h6-10,13H,2-5H2,1H3,(H,17,18)/t10-/m1/s1. The molecule has 5 heteroatoms. The van der Waals surface area contributed by atoms with Crippen molar-refractivity contribution in [2.24, 2.45) is 0 Å². The fraction of sp³-hybridized carbons (Fsp3) is 0.467. The average Bonchev–Trinajstić information content (AvgIpc) is 2.92. The van der Waals surface area contributed by atoms with Crippen molar-refractivity contribution >= 4 is 34.5 Å². The molecule has 1 amide bonds. The first-order valence-corrected chi connectivity index (χ1v) is 7.91. The van der Waals surface area contributed by atoms with E-state index in [1.54, 1.807) is 19.1 Å². The highest BCUT2D eigenvalue weighted by molar-refractivity contribution is 14.1. The number of hydrogen-bond acceptors (Lipinski definition) is 3.